The molecule has 32 heavy (non-hydrogen) atoms. The Balaban J connectivity index is 1.39. The second-order valence-corrected chi connectivity index (χ2v) is 8.62. The lowest BCUT2D eigenvalue weighted by molar-refractivity contribution is 0.0616. The van der Waals surface area contributed by atoms with Crippen molar-refractivity contribution in [2.24, 2.45) is 0 Å². The molecular weight excluding hydrogens is 402 g/mol. The first-order valence-electron chi connectivity index (χ1n) is 11.1. The highest BCUT2D eigenvalue weighted by atomic mass is 16.5. The number of aromatic nitrogens is 1. The van der Waals surface area contributed by atoms with Crippen LogP contribution in [-0.2, 0) is 13.2 Å². The Morgan fingerprint density at radius 1 is 1.00 bits per heavy atom. The number of hydrogen-bond donors (Lipinski definition) is 0. The van der Waals surface area contributed by atoms with Gasteiger partial charge < -0.3 is 14.2 Å². The van der Waals surface area contributed by atoms with Gasteiger partial charge in [-0.1, -0.05) is 41.6 Å². The van der Waals surface area contributed by atoms with Gasteiger partial charge in [0.1, 0.15) is 18.1 Å². The summed E-state index contributed by atoms with van der Waals surface area (Å²) in [6, 6.07) is 14.6. The van der Waals surface area contributed by atoms with Crippen LogP contribution >= 0.6 is 0 Å². The topological polar surface area (TPSA) is 58.8 Å². The summed E-state index contributed by atoms with van der Waals surface area (Å²) in [7, 11) is 0. The minimum Gasteiger partial charge on any atom is -0.488 e. The monoisotopic (exact) mass is 433 g/mol. The molecule has 1 fully saturated rings. The van der Waals surface area contributed by atoms with Crippen molar-refractivity contribution in [3.05, 3.63) is 81.7 Å². The van der Waals surface area contributed by atoms with E-state index >= 15 is 0 Å². The molecule has 1 saturated heterocycles. The SMILES string of the molecule is Cc1ccc(C)c(OCc2c(C(=O)N3CCN(Cc4ccccc4C)CC3)noc2C)c1. The second kappa shape index (κ2) is 9.57. The van der Waals surface area contributed by atoms with Crippen LogP contribution in [0.25, 0.3) is 0 Å². The van der Waals surface area contributed by atoms with Crippen LogP contribution in [0.3, 0.4) is 0 Å². The van der Waals surface area contributed by atoms with Crippen LogP contribution in [0.5, 0.6) is 5.75 Å². The van der Waals surface area contributed by atoms with E-state index in [-0.39, 0.29) is 12.5 Å². The van der Waals surface area contributed by atoms with E-state index in [1.165, 1.54) is 11.1 Å². The third-order valence-electron chi connectivity index (χ3n) is 6.22. The molecule has 0 bridgehead atoms. The lowest BCUT2D eigenvalue weighted by atomic mass is 10.1. The van der Waals surface area contributed by atoms with Gasteiger partial charge in [0.15, 0.2) is 5.69 Å². The summed E-state index contributed by atoms with van der Waals surface area (Å²) < 4.78 is 11.4. The second-order valence-electron chi connectivity index (χ2n) is 8.62. The lowest BCUT2D eigenvalue weighted by Crippen LogP contribution is -2.48. The zero-order chi connectivity index (χ0) is 22.7. The Bertz CT molecular complexity index is 1100. The van der Waals surface area contributed by atoms with E-state index < -0.39 is 0 Å². The van der Waals surface area contributed by atoms with E-state index in [1.807, 2.05) is 37.8 Å². The predicted octanol–water partition coefficient (Wildman–Crippen LogP) is 4.45. The highest BCUT2D eigenvalue weighted by Crippen LogP contribution is 2.23. The number of amides is 1. The molecule has 168 valence electrons. The molecule has 0 atom stereocenters. The highest BCUT2D eigenvalue weighted by molar-refractivity contribution is 5.93. The van der Waals surface area contributed by atoms with Gasteiger partial charge in [0.05, 0.1) is 5.56 Å². The molecule has 2 heterocycles. The van der Waals surface area contributed by atoms with Gasteiger partial charge in [-0.15, -0.1) is 0 Å². The van der Waals surface area contributed by atoms with Gasteiger partial charge >= 0.3 is 0 Å². The number of carbonyl (C=O) groups excluding carboxylic acids is 1. The standard InChI is InChI=1S/C26H31N3O3/c1-18-9-10-20(3)24(15-18)31-17-23-21(4)32-27-25(23)26(30)29-13-11-28(12-14-29)16-22-8-6-5-7-19(22)2/h5-10,15H,11-14,16-17H2,1-4H3. The quantitative estimate of drug-likeness (QED) is 0.575. The largest absolute Gasteiger partial charge is 0.488 e. The van der Waals surface area contributed by atoms with E-state index in [0.29, 0.717) is 24.5 Å². The van der Waals surface area contributed by atoms with Crippen molar-refractivity contribution in [2.75, 3.05) is 26.2 Å². The Morgan fingerprint density at radius 3 is 2.50 bits per heavy atom. The van der Waals surface area contributed by atoms with Crippen molar-refractivity contribution < 1.29 is 14.1 Å². The van der Waals surface area contributed by atoms with Crippen molar-refractivity contribution in [1.82, 2.24) is 15.0 Å². The summed E-state index contributed by atoms with van der Waals surface area (Å²) in [6.45, 7) is 12.2. The Hall–Kier alpha value is -3.12. The van der Waals surface area contributed by atoms with Crippen molar-refractivity contribution in [3.8, 4) is 5.75 Å². The number of hydrogen-bond acceptors (Lipinski definition) is 5. The molecule has 1 aliphatic heterocycles. The summed E-state index contributed by atoms with van der Waals surface area (Å²) in [6.07, 6.45) is 0. The zero-order valence-corrected chi connectivity index (χ0v) is 19.4. The molecule has 0 radical (unpaired) electrons. The van der Waals surface area contributed by atoms with Crippen LogP contribution < -0.4 is 4.74 Å². The molecule has 1 aliphatic rings. The molecule has 0 saturated carbocycles. The number of rotatable bonds is 6. The van der Waals surface area contributed by atoms with Gasteiger partial charge in [0, 0.05) is 32.7 Å². The van der Waals surface area contributed by atoms with Crippen molar-refractivity contribution in [3.63, 3.8) is 0 Å². The number of aryl methyl sites for hydroxylation is 4. The van der Waals surface area contributed by atoms with E-state index in [9.17, 15) is 4.79 Å². The minimum absolute atomic E-state index is 0.0862. The third kappa shape index (κ3) is 4.86. The van der Waals surface area contributed by atoms with E-state index in [2.05, 4.69) is 47.3 Å². The summed E-state index contributed by atoms with van der Waals surface area (Å²) in [5.41, 5.74) is 5.91. The fourth-order valence-electron chi connectivity index (χ4n) is 4.03. The number of carbonyl (C=O) groups is 1. The summed E-state index contributed by atoms with van der Waals surface area (Å²) >= 11 is 0. The first kappa shape index (κ1) is 22.1. The first-order chi connectivity index (χ1) is 15.4. The van der Waals surface area contributed by atoms with Crippen LogP contribution in [0, 0.1) is 27.7 Å². The van der Waals surface area contributed by atoms with Gasteiger partial charge in [-0.2, -0.15) is 0 Å². The molecule has 0 spiro atoms. The molecule has 1 aromatic heterocycles. The first-order valence-corrected chi connectivity index (χ1v) is 11.1. The fraction of sp³-hybridized carbons (Fsp3) is 0.385. The van der Waals surface area contributed by atoms with Crippen molar-refractivity contribution in [2.45, 2.75) is 40.8 Å². The molecule has 4 rings (SSSR count). The van der Waals surface area contributed by atoms with Crippen LogP contribution in [-0.4, -0.2) is 47.0 Å². The van der Waals surface area contributed by atoms with Gasteiger partial charge in [-0.25, -0.2) is 0 Å². The van der Waals surface area contributed by atoms with Crippen LogP contribution in [0.2, 0.25) is 0 Å². The number of ether oxygens (including phenoxy) is 1. The molecule has 0 unspecified atom stereocenters. The predicted molar refractivity (Wildman–Crippen MR) is 124 cm³/mol. The summed E-state index contributed by atoms with van der Waals surface area (Å²) in [5.74, 6) is 1.35. The lowest BCUT2D eigenvalue weighted by Gasteiger charge is -2.34. The molecule has 2 aromatic carbocycles. The molecular formula is C26H31N3O3. The Morgan fingerprint density at radius 2 is 1.75 bits per heavy atom. The normalized spacial score (nSPS) is 14.6. The smallest absolute Gasteiger partial charge is 0.276 e. The Labute approximate surface area is 189 Å². The van der Waals surface area contributed by atoms with Crippen LogP contribution in [0.1, 0.15) is 44.1 Å². The maximum Gasteiger partial charge on any atom is 0.276 e. The highest BCUT2D eigenvalue weighted by Gasteiger charge is 2.28. The van der Waals surface area contributed by atoms with Gasteiger partial charge in [-0.3, -0.25) is 9.69 Å². The van der Waals surface area contributed by atoms with E-state index in [4.69, 9.17) is 9.26 Å². The molecule has 6 nitrogen and oxygen atoms in total. The maximum atomic E-state index is 13.2. The molecule has 1 amide bonds. The van der Waals surface area contributed by atoms with Crippen molar-refractivity contribution in [1.29, 1.82) is 0 Å². The summed E-state index contributed by atoms with van der Waals surface area (Å²) in [5, 5.41) is 4.08. The van der Waals surface area contributed by atoms with Crippen LogP contribution in [0.15, 0.2) is 47.0 Å². The molecule has 3 aromatic rings. The maximum absolute atomic E-state index is 13.2. The van der Waals surface area contributed by atoms with Gasteiger partial charge in [0.2, 0.25) is 0 Å². The average Bonchev–Trinajstić information content (AvgIpc) is 3.16. The van der Waals surface area contributed by atoms with E-state index in [0.717, 1.165) is 42.1 Å². The minimum atomic E-state index is -0.0862. The van der Waals surface area contributed by atoms with Gasteiger partial charge in [0.25, 0.3) is 5.91 Å². The van der Waals surface area contributed by atoms with Crippen molar-refractivity contribution >= 4 is 5.91 Å². The third-order valence-corrected chi connectivity index (χ3v) is 6.22. The molecule has 0 N–H and O–H groups in total. The number of piperazine rings is 1. The zero-order valence-electron chi connectivity index (χ0n) is 19.4. The van der Waals surface area contributed by atoms with E-state index in [1.54, 1.807) is 0 Å². The van der Waals surface area contributed by atoms with Gasteiger partial charge in [-0.05, 0) is 56.0 Å². The van der Waals surface area contributed by atoms with Crippen LogP contribution in [0.4, 0.5) is 0 Å². The molecule has 6 heteroatoms. The number of benzene rings is 2. The molecule has 0 aliphatic carbocycles. The summed E-state index contributed by atoms with van der Waals surface area (Å²) in [4.78, 5) is 17.5. The fourth-order valence-corrected chi connectivity index (χ4v) is 4.03. The average molecular weight is 434 g/mol. The number of nitrogens with zero attached hydrogens (tertiary/aromatic N) is 3. The Kier molecular flexibility index (Phi) is 6.61.